The SMILES string of the molecule is c1ccc(C2N=C(c3cc4c5c(c3)oc3cccc(c35)-c3cccc5cccc-4c35)Nc3ccccc32)cc1. The molecule has 0 saturated heterocycles. The number of nitrogens with one attached hydrogen (secondary N) is 1. The minimum atomic E-state index is -0.0834. The minimum Gasteiger partial charge on any atom is -0.456 e. The smallest absolute Gasteiger partial charge is 0.136 e. The van der Waals surface area contributed by atoms with E-state index in [1.165, 1.54) is 54.9 Å². The summed E-state index contributed by atoms with van der Waals surface area (Å²) in [5.74, 6) is 0.853. The molecule has 0 fully saturated rings. The molecule has 182 valence electrons. The molecule has 0 bridgehead atoms. The number of anilines is 1. The van der Waals surface area contributed by atoms with Crippen molar-refractivity contribution in [3.05, 3.63) is 138 Å². The molecule has 0 amide bonds. The highest BCUT2D eigenvalue weighted by molar-refractivity contribution is 6.26. The number of fused-ring (bicyclic) bond motifs is 3. The topological polar surface area (TPSA) is 37.5 Å². The quantitative estimate of drug-likeness (QED) is 0.258. The molecular formula is C36H22N2O. The van der Waals surface area contributed by atoms with Gasteiger partial charge in [-0.05, 0) is 62.9 Å². The summed E-state index contributed by atoms with van der Waals surface area (Å²) in [6, 6.07) is 43.0. The Kier molecular flexibility index (Phi) is 4.11. The summed E-state index contributed by atoms with van der Waals surface area (Å²) in [7, 11) is 0. The monoisotopic (exact) mass is 498 g/mol. The molecule has 0 spiro atoms. The summed E-state index contributed by atoms with van der Waals surface area (Å²) in [5, 5.41) is 8.53. The zero-order valence-electron chi connectivity index (χ0n) is 21.0. The number of hydrogen-bond donors (Lipinski definition) is 1. The van der Waals surface area contributed by atoms with Crippen LogP contribution >= 0.6 is 0 Å². The first kappa shape index (κ1) is 20.9. The van der Waals surface area contributed by atoms with Crippen molar-refractivity contribution in [1.29, 1.82) is 0 Å². The van der Waals surface area contributed by atoms with E-state index in [-0.39, 0.29) is 6.04 Å². The van der Waals surface area contributed by atoms with Gasteiger partial charge in [-0.3, -0.25) is 4.99 Å². The van der Waals surface area contributed by atoms with Gasteiger partial charge in [-0.2, -0.15) is 0 Å². The van der Waals surface area contributed by atoms with E-state index in [1.807, 2.05) is 0 Å². The molecule has 1 unspecified atom stereocenters. The van der Waals surface area contributed by atoms with Crippen molar-refractivity contribution in [2.24, 2.45) is 4.99 Å². The molecule has 39 heavy (non-hydrogen) atoms. The third kappa shape index (κ3) is 2.90. The molecule has 2 heterocycles. The van der Waals surface area contributed by atoms with Crippen molar-refractivity contribution >= 4 is 44.2 Å². The van der Waals surface area contributed by atoms with Crippen molar-refractivity contribution in [2.75, 3.05) is 5.32 Å². The largest absolute Gasteiger partial charge is 0.456 e. The van der Waals surface area contributed by atoms with Gasteiger partial charge in [-0.15, -0.1) is 0 Å². The first-order chi connectivity index (χ1) is 19.3. The Morgan fingerprint density at radius 1 is 0.564 bits per heavy atom. The lowest BCUT2D eigenvalue weighted by atomic mass is 9.92. The molecule has 1 aromatic heterocycles. The number of furan rings is 1. The van der Waals surface area contributed by atoms with Crippen molar-refractivity contribution < 1.29 is 4.42 Å². The van der Waals surface area contributed by atoms with Crippen molar-refractivity contribution in [3.8, 4) is 22.3 Å². The Bertz CT molecular complexity index is 2150. The van der Waals surface area contributed by atoms with E-state index in [2.05, 4.69) is 127 Å². The van der Waals surface area contributed by atoms with E-state index >= 15 is 0 Å². The predicted octanol–water partition coefficient (Wildman–Crippen LogP) is 9.35. The van der Waals surface area contributed by atoms with Crippen LogP contribution in [0.1, 0.15) is 22.7 Å². The number of amidine groups is 1. The third-order valence-corrected chi connectivity index (χ3v) is 8.24. The van der Waals surface area contributed by atoms with Crippen LogP contribution in [0, 0.1) is 0 Å². The van der Waals surface area contributed by atoms with Gasteiger partial charge >= 0.3 is 0 Å². The van der Waals surface area contributed by atoms with Crippen molar-refractivity contribution in [2.45, 2.75) is 6.04 Å². The molecule has 1 atom stereocenters. The van der Waals surface area contributed by atoms with Gasteiger partial charge in [0.1, 0.15) is 23.0 Å². The maximum absolute atomic E-state index is 6.55. The molecule has 0 radical (unpaired) electrons. The van der Waals surface area contributed by atoms with Crippen LogP contribution in [0.5, 0.6) is 0 Å². The first-order valence-corrected chi connectivity index (χ1v) is 13.3. The number of nitrogens with zero attached hydrogens (tertiary/aromatic N) is 1. The lowest BCUT2D eigenvalue weighted by molar-refractivity contribution is 0.669. The van der Waals surface area contributed by atoms with Gasteiger partial charge in [-0.25, -0.2) is 0 Å². The summed E-state index contributed by atoms with van der Waals surface area (Å²) >= 11 is 0. The van der Waals surface area contributed by atoms with Crippen LogP contribution in [-0.2, 0) is 0 Å². The fourth-order valence-corrected chi connectivity index (χ4v) is 6.55. The van der Waals surface area contributed by atoms with Crippen molar-refractivity contribution in [1.82, 2.24) is 0 Å². The third-order valence-electron chi connectivity index (χ3n) is 8.24. The fourth-order valence-electron chi connectivity index (χ4n) is 6.55. The molecule has 9 rings (SSSR count). The van der Waals surface area contributed by atoms with Gasteiger partial charge in [0.05, 0.1) is 0 Å². The maximum atomic E-state index is 6.55. The molecule has 1 N–H and O–H groups in total. The van der Waals surface area contributed by atoms with Crippen LogP contribution in [0.2, 0.25) is 0 Å². The molecule has 6 aromatic carbocycles. The normalized spacial score (nSPS) is 15.3. The highest BCUT2D eigenvalue weighted by atomic mass is 16.3. The summed E-state index contributed by atoms with van der Waals surface area (Å²) in [5.41, 5.74) is 11.1. The second-order valence-electron chi connectivity index (χ2n) is 10.4. The molecule has 7 aromatic rings. The average Bonchev–Trinajstić information content (AvgIpc) is 3.33. The fraction of sp³-hybridized carbons (Fsp3) is 0.0278. The molecule has 0 saturated carbocycles. The summed E-state index contributed by atoms with van der Waals surface area (Å²) < 4.78 is 6.55. The Balaban J connectivity index is 1.36. The maximum Gasteiger partial charge on any atom is 0.136 e. The zero-order valence-corrected chi connectivity index (χ0v) is 21.0. The highest BCUT2D eigenvalue weighted by Gasteiger charge is 2.27. The van der Waals surface area contributed by atoms with E-state index in [0.29, 0.717) is 0 Å². The van der Waals surface area contributed by atoms with Gasteiger partial charge in [0.2, 0.25) is 0 Å². The van der Waals surface area contributed by atoms with Gasteiger partial charge in [-0.1, -0.05) is 97.1 Å². The summed E-state index contributed by atoms with van der Waals surface area (Å²) in [4.78, 5) is 5.30. The van der Waals surface area contributed by atoms with E-state index < -0.39 is 0 Å². The van der Waals surface area contributed by atoms with Crippen molar-refractivity contribution in [3.63, 3.8) is 0 Å². The molecule has 3 nitrogen and oxygen atoms in total. The number of aliphatic imine (C=N–C) groups is 1. The summed E-state index contributed by atoms with van der Waals surface area (Å²) in [6.07, 6.45) is 0. The Hall–Kier alpha value is -5.15. The molecule has 3 heteroatoms. The van der Waals surface area contributed by atoms with Crippen LogP contribution in [0.3, 0.4) is 0 Å². The Morgan fingerprint density at radius 2 is 1.26 bits per heavy atom. The standard InChI is InChI=1S/C36H22N2O/c1-2-9-22(10-3-1)35-27-13-4-5-17-29(27)37-36(38-35)23-19-28-26-15-7-12-21-11-6-14-24(32(21)26)25-16-8-18-30-33(25)34(28)31(20-23)39-30/h1-20,35H,(H,37,38). The van der Waals surface area contributed by atoms with Gasteiger partial charge in [0.15, 0.2) is 0 Å². The van der Waals surface area contributed by atoms with E-state index in [1.54, 1.807) is 0 Å². The van der Waals surface area contributed by atoms with Crippen LogP contribution < -0.4 is 5.32 Å². The average molecular weight is 499 g/mol. The number of rotatable bonds is 2. The van der Waals surface area contributed by atoms with E-state index in [0.717, 1.165) is 28.3 Å². The Morgan fingerprint density at radius 3 is 2.10 bits per heavy atom. The van der Waals surface area contributed by atoms with E-state index in [9.17, 15) is 0 Å². The lowest BCUT2D eigenvalue weighted by Gasteiger charge is -2.26. The Labute approximate surface area is 225 Å². The van der Waals surface area contributed by atoms with Gasteiger partial charge in [0, 0.05) is 27.6 Å². The molecule has 1 aliphatic carbocycles. The van der Waals surface area contributed by atoms with Crippen LogP contribution in [0.25, 0.3) is 55.0 Å². The van der Waals surface area contributed by atoms with Crippen LogP contribution in [-0.4, -0.2) is 5.84 Å². The lowest BCUT2D eigenvalue weighted by Crippen LogP contribution is -2.22. The van der Waals surface area contributed by atoms with Crippen LogP contribution in [0.15, 0.2) is 131 Å². The molecule has 2 aliphatic rings. The van der Waals surface area contributed by atoms with Gasteiger partial charge in [0.25, 0.3) is 0 Å². The summed E-state index contributed by atoms with van der Waals surface area (Å²) in [6.45, 7) is 0. The van der Waals surface area contributed by atoms with E-state index in [4.69, 9.17) is 9.41 Å². The second-order valence-corrected chi connectivity index (χ2v) is 10.4. The van der Waals surface area contributed by atoms with Gasteiger partial charge < -0.3 is 9.73 Å². The zero-order chi connectivity index (χ0) is 25.5. The predicted molar refractivity (Wildman–Crippen MR) is 161 cm³/mol. The number of benzene rings is 6. The number of hydrogen-bond acceptors (Lipinski definition) is 3. The molecule has 1 aliphatic heterocycles. The minimum absolute atomic E-state index is 0.0834. The molecular weight excluding hydrogens is 476 g/mol. The van der Waals surface area contributed by atoms with Crippen LogP contribution in [0.4, 0.5) is 5.69 Å². The highest BCUT2D eigenvalue weighted by Crippen LogP contribution is 2.49. The number of para-hydroxylation sites is 1. The second kappa shape index (κ2) is 7.68. The first-order valence-electron chi connectivity index (χ1n) is 13.3.